The molecule has 0 fully saturated rings. The molecule has 5 heteroatoms. The first-order valence-corrected chi connectivity index (χ1v) is 8.39. The van der Waals surface area contributed by atoms with E-state index in [9.17, 15) is 9.18 Å². The zero-order valence-corrected chi connectivity index (χ0v) is 14.4. The van der Waals surface area contributed by atoms with Crippen LogP contribution in [-0.4, -0.2) is 22.3 Å². The fraction of sp³-hybridized carbons (Fsp3) is 0.143. The second kappa shape index (κ2) is 8.25. The van der Waals surface area contributed by atoms with Crippen LogP contribution in [0.2, 0.25) is 0 Å². The second-order valence-electron chi connectivity index (χ2n) is 5.72. The molecule has 0 unspecified atom stereocenters. The van der Waals surface area contributed by atoms with Crippen LogP contribution in [0.25, 0.3) is 0 Å². The predicted octanol–water partition coefficient (Wildman–Crippen LogP) is 4.68. The fourth-order valence-corrected chi connectivity index (χ4v) is 2.59. The van der Waals surface area contributed by atoms with Gasteiger partial charge in [-0.1, -0.05) is 30.3 Å². The summed E-state index contributed by atoms with van der Waals surface area (Å²) in [6.45, 7) is 2.67. The van der Waals surface area contributed by atoms with Gasteiger partial charge in [-0.2, -0.15) is 0 Å². The highest BCUT2D eigenvalue weighted by Crippen LogP contribution is 2.24. The number of hydrogen-bond donors (Lipinski definition) is 0. The summed E-state index contributed by atoms with van der Waals surface area (Å²) in [7, 11) is 0. The third kappa shape index (κ3) is 4.25. The van der Waals surface area contributed by atoms with Gasteiger partial charge in [-0.3, -0.25) is 4.79 Å². The van der Waals surface area contributed by atoms with E-state index in [-0.39, 0.29) is 17.6 Å². The van der Waals surface area contributed by atoms with E-state index in [0.29, 0.717) is 24.4 Å². The molecule has 1 amide bonds. The van der Waals surface area contributed by atoms with Gasteiger partial charge in [-0.25, -0.2) is 9.37 Å². The molecular weight excluding hydrogens is 331 g/mol. The molecular formula is C21H19FN2O2. The zero-order chi connectivity index (χ0) is 18.4. The van der Waals surface area contributed by atoms with Gasteiger partial charge in [0.05, 0.1) is 0 Å². The summed E-state index contributed by atoms with van der Waals surface area (Å²) in [5, 5.41) is 0. The first kappa shape index (κ1) is 17.6. The minimum Gasteiger partial charge on any atom is -0.438 e. The van der Waals surface area contributed by atoms with Crippen molar-refractivity contribution in [1.82, 2.24) is 9.88 Å². The molecule has 0 atom stereocenters. The molecule has 3 rings (SSSR count). The van der Waals surface area contributed by atoms with E-state index in [4.69, 9.17) is 4.74 Å². The van der Waals surface area contributed by atoms with Crippen molar-refractivity contribution >= 4 is 5.91 Å². The fourth-order valence-electron chi connectivity index (χ4n) is 2.59. The normalized spacial score (nSPS) is 10.4. The minimum absolute atomic E-state index is 0.212. The lowest BCUT2D eigenvalue weighted by Crippen LogP contribution is -2.30. The largest absolute Gasteiger partial charge is 0.438 e. The lowest BCUT2D eigenvalue weighted by molar-refractivity contribution is 0.0749. The monoisotopic (exact) mass is 350 g/mol. The lowest BCUT2D eigenvalue weighted by atomic mass is 10.1. The molecule has 0 saturated carbocycles. The van der Waals surface area contributed by atoms with Gasteiger partial charge < -0.3 is 9.64 Å². The van der Waals surface area contributed by atoms with Gasteiger partial charge in [0.15, 0.2) is 0 Å². The number of hydrogen-bond acceptors (Lipinski definition) is 3. The Morgan fingerprint density at radius 2 is 1.88 bits per heavy atom. The number of aromatic nitrogens is 1. The molecule has 4 nitrogen and oxygen atoms in total. The van der Waals surface area contributed by atoms with E-state index in [1.165, 1.54) is 12.1 Å². The maximum absolute atomic E-state index is 13.4. The first-order chi connectivity index (χ1) is 12.7. The van der Waals surface area contributed by atoms with Crippen molar-refractivity contribution in [1.29, 1.82) is 0 Å². The van der Waals surface area contributed by atoms with Crippen molar-refractivity contribution < 1.29 is 13.9 Å². The number of amides is 1. The van der Waals surface area contributed by atoms with E-state index in [1.54, 1.807) is 47.5 Å². The standard InChI is InChI=1S/C21H19FN2O2/c1-2-24(15-16-8-6-9-17(22)14-16)21(25)19-12-7-13-23-20(19)26-18-10-4-3-5-11-18/h3-14H,2,15H2,1H3. The highest BCUT2D eigenvalue weighted by Gasteiger charge is 2.20. The quantitative estimate of drug-likeness (QED) is 0.648. The van der Waals surface area contributed by atoms with Crippen molar-refractivity contribution in [3.63, 3.8) is 0 Å². The molecule has 0 aliphatic heterocycles. The van der Waals surface area contributed by atoms with Gasteiger partial charge >= 0.3 is 0 Å². The Morgan fingerprint density at radius 1 is 1.08 bits per heavy atom. The van der Waals surface area contributed by atoms with E-state index < -0.39 is 0 Å². The topological polar surface area (TPSA) is 42.4 Å². The van der Waals surface area contributed by atoms with Crippen molar-refractivity contribution in [3.8, 4) is 11.6 Å². The van der Waals surface area contributed by atoms with Crippen LogP contribution < -0.4 is 4.74 Å². The van der Waals surface area contributed by atoms with Gasteiger partial charge in [0.1, 0.15) is 17.1 Å². The first-order valence-electron chi connectivity index (χ1n) is 8.39. The molecule has 0 aliphatic carbocycles. The Morgan fingerprint density at radius 3 is 2.62 bits per heavy atom. The molecule has 132 valence electrons. The summed E-state index contributed by atoms with van der Waals surface area (Å²) >= 11 is 0. The van der Waals surface area contributed by atoms with Crippen LogP contribution in [0, 0.1) is 5.82 Å². The van der Waals surface area contributed by atoms with Crippen molar-refractivity contribution in [2.24, 2.45) is 0 Å². The SMILES string of the molecule is CCN(Cc1cccc(F)c1)C(=O)c1cccnc1Oc1ccccc1. The molecule has 1 aromatic heterocycles. The van der Waals surface area contributed by atoms with E-state index >= 15 is 0 Å². The second-order valence-corrected chi connectivity index (χ2v) is 5.72. The maximum Gasteiger partial charge on any atom is 0.259 e. The van der Waals surface area contributed by atoms with Gasteiger partial charge in [-0.15, -0.1) is 0 Å². The molecule has 0 radical (unpaired) electrons. The molecule has 1 heterocycles. The van der Waals surface area contributed by atoms with E-state index in [1.807, 2.05) is 25.1 Å². The summed E-state index contributed by atoms with van der Waals surface area (Å²) in [5.41, 5.74) is 1.10. The van der Waals surface area contributed by atoms with Crippen LogP contribution in [0.4, 0.5) is 4.39 Å². The molecule has 0 spiro atoms. The number of ether oxygens (including phenoxy) is 1. The number of carbonyl (C=O) groups excluding carboxylic acids is 1. The predicted molar refractivity (Wildman–Crippen MR) is 97.6 cm³/mol. The van der Waals surface area contributed by atoms with Gasteiger partial charge in [0.25, 0.3) is 5.91 Å². The smallest absolute Gasteiger partial charge is 0.259 e. The average molecular weight is 350 g/mol. The van der Waals surface area contributed by atoms with Crippen molar-refractivity contribution in [2.75, 3.05) is 6.54 Å². The van der Waals surface area contributed by atoms with Gasteiger partial charge in [0.2, 0.25) is 5.88 Å². The average Bonchev–Trinajstić information content (AvgIpc) is 2.67. The summed E-state index contributed by atoms with van der Waals surface area (Å²) in [4.78, 5) is 18.8. The van der Waals surface area contributed by atoms with Gasteiger partial charge in [-0.05, 0) is 48.9 Å². The zero-order valence-electron chi connectivity index (χ0n) is 14.4. The molecule has 26 heavy (non-hydrogen) atoms. The third-order valence-corrected chi connectivity index (χ3v) is 3.89. The number of nitrogens with zero attached hydrogens (tertiary/aromatic N) is 2. The highest BCUT2D eigenvalue weighted by molar-refractivity contribution is 5.96. The number of pyridine rings is 1. The molecule has 0 saturated heterocycles. The Kier molecular flexibility index (Phi) is 5.59. The number of rotatable bonds is 6. The van der Waals surface area contributed by atoms with Crippen LogP contribution in [0.15, 0.2) is 72.9 Å². The Labute approximate surface area is 151 Å². The van der Waals surface area contributed by atoms with Crippen LogP contribution in [0.1, 0.15) is 22.8 Å². The highest BCUT2D eigenvalue weighted by atomic mass is 19.1. The van der Waals surface area contributed by atoms with Crippen molar-refractivity contribution in [2.45, 2.75) is 13.5 Å². The molecule has 2 aromatic carbocycles. The Hall–Kier alpha value is -3.21. The number of para-hydroxylation sites is 1. The van der Waals surface area contributed by atoms with Crippen LogP contribution in [0.5, 0.6) is 11.6 Å². The van der Waals surface area contributed by atoms with Crippen molar-refractivity contribution in [3.05, 3.63) is 89.9 Å². The molecule has 0 N–H and O–H groups in total. The van der Waals surface area contributed by atoms with Crippen LogP contribution in [-0.2, 0) is 6.54 Å². The summed E-state index contributed by atoms with van der Waals surface area (Å²) in [5.74, 6) is 0.325. The van der Waals surface area contributed by atoms with Crippen LogP contribution in [0.3, 0.4) is 0 Å². The molecule has 0 bridgehead atoms. The van der Waals surface area contributed by atoms with E-state index in [0.717, 1.165) is 5.56 Å². The van der Waals surface area contributed by atoms with Gasteiger partial charge in [0, 0.05) is 19.3 Å². The number of carbonyl (C=O) groups is 1. The molecule has 3 aromatic rings. The Balaban J connectivity index is 1.84. The number of halogens is 1. The van der Waals surface area contributed by atoms with Crippen LogP contribution >= 0.6 is 0 Å². The Bertz CT molecular complexity index is 884. The lowest BCUT2D eigenvalue weighted by Gasteiger charge is -2.22. The third-order valence-electron chi connectivity index (χ3n) is 3.89. The van der Waals surface area contributed by atoms with E-state index in [2.05, 4.69) is 4.98 Å². The maximum atomic E-state index is 13.4. The molecule has 0 aliphatic rings. The minimum atomic E-state index is -0.319. The summed E-state index contributed by atoms with van der Waals surface area (Å²) < 4.78 is 19.2. The summed E-state index contributed by atoms with van der Waals surface area (Å²) in [6, 6.07) is 18.8. The summed E-state index contributed by atoms with van der Waals surface area (Å²) in [6.07, 6.45) is 1.58. The number of benzene rings is 2.